The second-order valence-corrected chi connectivity index (χ2v) is 3.23. The molecule has 1 N–H and O–H groups in total. The first-order chi connectivity index (χ1) is 6.45. The van der Waals surface area contributed by atoms with Crippen molar-refractivity contribution >= 4 is 17.7 Å². The van der Waals surface area contributed by atoms with Gasteiger partial charge in [0.1, 0.15) is 0 Å². The lowest BCUT2D eigenvalue weighted by Gasteiger charge is -2.04. The highest BCUT2D eigenvalue weighted by atomic mass is 16.4. The molecule has 1 saturated carbocycles. The number of carboxylic acid groups (broad SMARTS) is 1. The maximum atomic E-state index is 10.4. The van der Waals surface area contributed by atoms with E-state index in [0.717, 1.165) is 17.7 Å². The van der Waals surface area contributed by atoms with Crippen LogP contribution < -0.4 is 0 Å². The van der Waals surface area contributed by atoms with Crippen molar-refractivity contribution < 1.29 is 19.5 Å². The number of ketones is 2. The van der Waals surface area contributed by atoms with Gasteiger partial charge in [0.2, 0.25) is 0 Å². The molecule has 0 aromatic rings. The third-order valence-corrected chi connectivity index (χ3v) is 1.75. The Labute approximate surface area is 82.7 Å². The van der Waals surface area contributed by atoms with Crippen LogP contribution in [-0.4, -0.2) is 41.8 Å². The molecule has 0 saturated heterocycles. The molecule has 0 aliphatic heterocycles. The summed E-state index contributed by atoms with van der Waals surface area (Å²) >= 11 is 0. The van der Waals surface area contributed by atoms with Crippen molar-refractivity contribution in [2.24, 2.45) is 0 Å². The molecule has 14 heavy (non-hydrogen) atoms. The number of Topliss-reactive ketones (excluding diaryl/α,β-unsaturated/α-hetero) is 2. The van der Waals surface area contributed by atoms with E-state index < -0.39 is 6.09 Å². The van der Waals surface area contributed by atoms with Gasteiger partial charge in [-0.05, 0) is 12.8 Å². The quantitative estimate of drug-likeness (QED) is 0.591. The van der Waals surface area contributed by atoms with Gasteiger partial charge in [-0.2, -0.15) is 0 Å². The Kier molecular flexibility index (Phi) is 5.52. The van der Waals surface area contributed by atoms with Crippen LogP contribution in [-0.2, 0) is 9.59 Å². The molecule has 1 aliphatic carbocycles. The van der Waals surface area contributed by atoms with E-state index in [4.69, 9.17) is 5.11 Å². The largest absolute Gasteiger partial charge is 0.465 e. The van der Waals surface area contributed by atoms with Gasteiger partial charge in [-0.3, -0.25) is 9.59 Å². The fraction of sp³-hybridized carbons (Fsp3) is 0.667. The molecule has 0 unspecified atom stereocenters. The van der Waals surface area contributed by atoms with Crippen molar-refractivity contribution in [3.63, 3.8) is 0 Å². The molecule has 0 spiro atoms. The van der Waals surface area contributed by atoms with Gasteiger partial charge in [-0.1, -0.05) is 0 Å². The van der Waals surface area contributed by atoms with E-state index in [0.29, 0.717) is 12.8 Å². The molecule has 0 heterocycles. The topological polar surface area (TPSA) is 74.7 Å². The summed E-state index contributed by atoms with van der Waals surface area (Å²) in [5.74, 6) is -0.340. The highest BCUT2D eigenvalue weighted by molar-refractivity contribution is 6.37. The van der Waals surface area contributed by atoms with Gasteiger partial charge in [0.25, 0.3) is 0 Å². The van der Waals surface area contributed by atoms with Crippen LogP contribution in [0.5, 0.6) is 0 Å². The lowest BCUT2D eigenvalue weighted by molar-refractivity contribution is -0.137. The highest BCUT2D eigenvalue weighted by Gasteiger charge is 2.16. The summed E-state index contributed by atoms with van der Waals surface area (Å²) in [7, 11) is 2.95. The zero-order chi connectivity index (χ0) is 11.1. The van der Waals surface area contributed by atoms with Crippen LogP contribution >= 0.6 is 0 Å². The monoisotopic (exact) mass is 201 g/mol. The molecule has 0 radical (unpaired) electrons. The Morgan fingerprint density at radius 1 is 1.14 bits per heavy atom. The van der Waals surface area contributed by atoms with Crippen molar-refractivity contribution in [3.05, 3.63) is 0 Å². The molecule has 1 aliphatic rings. The maximum Gasteiger partial charge on any atom is 0.406 e. The van der Waals surface area contributed by atoms with Crippen LogP contribution in [0.15, 0.2) is 0 Å². The lowest BCUT2D eigenvalue weighted by atomic mass is 9.98. The maximum absolute atomic E-state index is 10.4. The third-order valence-electron chi connectivity index (χ3n) is 1.75. The summed E-state index contributed by atoms with van der Waals surface area (Å²) in [5, 5.41) is 7.92. The average molecular weight is 201 g/mol. The Balaban J connectivity index is 0.000000255. The highest BCUT2D eigenvalue weighted by Crippen LogP contribution is 2.09. The van der Waals surface area contributed by atoms with Crippen molar-refractivity contribution in [1.82, 2.24) is 4.90 Å². The Morgan fingerprint density at radius 3 is 1.57 bits per heavy atom. The minimum atomic E-state index is -0.907. The minimum Gasteiger partial charge on any atom is -0.465 e. The first kappa shape index (κ1) is 12.6. The van der Waals surface area contributed by atoms with Crippen molar-refractivity contribution in [3.8, 4) is 0 Å². The second kappa shape index (κ2) is 6.12. The summed E-state index contributed by atoms with van der Waals surface area (Å²) in [6.07, 6.45) is 1.88. The number of hydrogen-bond donors (Lipinski definition) is 1. The molecular formula is C9H15NO4. The minimum absolute atomic E-state index is 0.170. The molecular weight excluding hydrogens is 186 g/mol. The van der Waals surface area contributed by atoms with Gasteiger partial charge in [0, 0.05) is 26.9 Å². The number of amides is 1. The molecule has 1 rings (SSSR count). The number of carbonyl (C=O) groups is 3. The predicted molar refractivity (Wildman–Crippen MR) is 50.2 cm³/mol. The second-order valence-electron chi connectivity index (χ2n) is 3.23. The smallest absolute Gasteiger partial charge is 0.406 e. The van der Waals surface area contributed by atoms with Crippen LogP contribution in [0.1, 0.15) is 25.7 Å². The average Bonchev–Trinajstić information content (AvgIpc) is 2.11. The molecule has 0 bridgehead atoms. The van der Waals surface area contributed by atoms with E-state index in [1.807, 2.05) is 0 Å². The molecule has 1 fully saturated rings. The van der Waals surface area contributed by atoms with Gasteiger partial charge in [-0.15, -0.1) is 0 Å². The summed E-state index contributed by atoms with van der Waals surface area (Å²) in [4.78, 5) is 31.6. The van der Waals surface area contributed by atoms with Gasteiger partial charge >= 0.3 is 6.09 Å². The van der Waals surface area contributed by atoms with E-state index in [1.54, 1.807) is 0 Å². The Bertz CT molecular complexity index is 219. The van der Waals surface area contributed by atoms with E-state index in [9.17, 15) is 14.4 Å². The van der Waals surface area contributed by atoms with Gasteiger partial charge in [0.05, 0.1) is 0 Å². The zero-order valence-corrected chi connectivity index (χ0v) is 8.45. The molecule has 5 nitrogen and oxygen atoms in total. The predicted octanol–water partition coefficient (Wildman–Crippen LogP) is 0.925. The Hall–Kier alpha value is -1.39. The fourth-order valence-corrected chi connectivity index (χ4v) is 0.850. The van der Waals surface area contributed by atoms with Gasteiger partial charge in [0.15, 0.2) is 11.6 Å². The number of nitrogens with zero attached hydrogens (tertiary/aromatic N) is 1. The first-order valence-corrected chi connectivity index (χ1v) is 4.41. The van der Waals surface area contributed by atoms with E-state index in [1.165, 1.54) is 14.1 Å². The van der Waals surface area contributed by atoms with E-state index in [-0.39, 0.29) is 11.6 Å². The van der Waals surface area contributed by atoms with Crippen LogP contribution in [0.25, 0.3) is 0 Å². The molecule has 0 aromatic carbocycles. The van der Waals surface area contributed by atoms with Crippen LogP contribution in [0.4, 0.5) is 4.79 Å². The van der Waals surface area contributed by atoms with Crippen LogP contribution in [0, 0.1) is 0 Å². The molecule has 1 amide bonds. The lowest BCUT2D eigenvalue weighted by Crippen LogP contribution is -2.18. The molecule has 5 heteroatoms. The summed E-state index contributed by atoms with van der Waals surface area (Å²) in [6, 6.07) is 0. The summed E-state index contributed by atoms with van der Waals surface area (Å²) < 4.78 is 0. The fourth-order valence-electron chi connectivity index (χ4n) is 0.850. The standard InChI is InChI=1S/C6H8O2.C3H7NO2/c7-5-3-1-2-4-6(5)8;1-4(2)3(5)6/h1-4H2;1-2H3,(H,5,6). The number of carbonyl (C=O) groups excluding carboxylic acids is 2. The SMILES string of the molecule is CN(C)C(=O)O.O=C1CCCCC1=O. The third kappa shape index (κ3) is 5.29. The van der Waals surface area contributed by atoms with Crippen LogP contribution in [0.2, 0.25) is 0 Å². The van der Waals surface area contributed by atoms with Gasteiger partial charge in [-0.25, -0.2) is 4.79 Å². The first-order valence-electron chi connectivity index (χ1n) is 4.41. The number of rotatable bonds is 0. The van der Waals surface area contributed by atoms with Crippen molar-refractivity contribution in [2.75, 3.05) is 14.1 Å². The molecule has 80 valence electrons. The van der Waals surface area contributed by atoms with Crippen molar-refractivity contribution in [1.29, 1.82) is 0 Å². The normalized spacial score (nSPS) is 15.6. The summed E-state index contributed by atoms with van der Waals surface area (Å²) in [5.41, 5.74) is 0. The summed E-state index contributed by atoms with van der Waals surface area (Å²) in [6.45, 7) is 0. The number of hydrogen-bond acceptors (Lipinski definition) is 3. The van der Waals surface area contributed by atoms with E-state index >= 15 is 0 Å². The van der Waals surface area contributed by atoms with Crippen molar-refractivity contribution in [2.45, 2.75) is 25.7 Å². The van der Waals surface area contributed by atoms with Crippen LogP contribution in [0.3, 0.4) is 0 Å². The zero-order valence-electron chi connectivity index (χ0n) is 8.45. The Morgan fingerprint density at radius 2 is 1.43 bits per heavy atom. The van der Waals surface area contributed by atoms with E-state index in [2.05, 4.69) is 0 Å². The molecule has 0 aromatic heterocycles. The molecule has 0 atom stereocenters. The van der Waals surface area contributed by atoms with Gasteiger partial charge < -0.3 is 10.0 Å².